The fourth-order valence-electron chi connectivity index (χ4n) is 1.40. The SMILES string of the molecule is Oc1cc(-c2ccc(F)cc2Cl)ccc1F. The Balaban J connectivity index is 2.54. The van der Waals surface area contributed by atoms with Gasteiger partial charge < -0.3 is 5.11 Å². The molecule has 0 amide bonds. The maximum Gasteiger partial charge on any atom is 0.164 e. The number of phenolic OH excluding ortho intramolecular Hbond substituents is 1. The van der Waals surface area contributed by atoms with Gasteiger partial charge in [0.15, 0.2) is 11.6 Å². The molecule has 0 atom stereocenters. The molecule has 0 aromatic heterocycles. The first kappa shape index (κ1) is 10.9. The van der Waals surface area contributed by atoms with Crippen LogP contribution in [0.3, 0.4) is 0 Å². The number of aromatic hydroxyl groups is 1. The van der Waals surface area contributed by atoms with E-state index < -0.39 is 17.4 Å². The second-order valence-electron chi connectivity index (χ2n) is 3.29. The van der Waals surface area contributed by atoms with E-state index in [4.69, 9.17) is 11.6 Å². The summed E-state index contributed by atoms with van der Waals surface area (Å²) in [5, 5.41) is 9.43. The lowest BCUT2D eigenvalue weighted by molar-refractivity contribution is 0.433. The van der Waals surface area contributed by atoms with E-state index in [1.54, 1.807) is 0 Å². The van der Waals surface area contributed by atoms with Crippen LogP contribution in [0.1, 0.15) is 0 Å². The largest absolute Gasteiger partial charge is 0.505 e. The average Bonchev–Trinajstić information content (AvgIpc) is 2.22. The minimum Gasteiger partial charge on any atom is -0.505 e. The van der Waals surface area contributed by atoms with Crippen LogP contribution in [0, 0.1) is 11.6 Å². The van der Waals surface area contributed by atoms with Crippen LogP contribution in [0.2, 0.25) is 5.02 Å². The Kier molecular flexibility index (Phi) is 2.79. The van der Waals surface area contributed by atoms with Crippen molar-refractivity contribution in [2.75, 3.05) is 0 Å². The van der Waals surface area contributed by atoms with Gasteiger partial charge in [-0.05, 0) is 35.9 Å². The molecule has 2 rings (SSSR count). The van der Waals surface area contributed by atoms with Gasteiger partial charge in [-0.2, -0.15) is 0 Å². The predicted octanol–water partition coefficient (Wildman–Crippen LogP) is 3.99. The quantitative estimate of drug-likeness (QED) is 0.799. The Morgan fingerprint density at radius 1 is 1.00 bits per heavy atom. The monoisotopic (exact) mass is 240 g/mol. The molecule has 2 aromatic carbocycles. The molecule has 0 heterocycles. The standard InChI is InChI=1S/C12H7ClF2O/c13-10-6-8(14)2-3-9(10)7-1-4-11(15)12(16)5-7/h1-6,16H. The summed E-state index contributed by atoms with van der Waals surface area (Å²) >= 11 is 5.84. The molecule has 0 saturated heterocycles. The zero-order valence-electron chi connectivity index (χ0n) is 8.05. The molecule has 0 unspecified atom stereocenters. The highest BCUT2D eigenvalue weighted by Gasteiger charge is 2.07. The normalized spacial score (nSPS) is 10.4. The second-order valence-corrected chi connectivity index (χ2v) is 3.70. The van der Waals surface area contributed by atoms with Crippen LogP contribution < -0.4 is 0 Å². The molecular formula is C12H7ClF2O. The summed E-state index contributed by atoms with van der Waals surface area (Å²) in [5.41, 5.74) is 1.07. The number of benzene rings is 2. The molecule has 0 bridgehead atoms. The predicted molar refractivity (Wildman–Crippen MR) is 58.5 cm³/mol. The van der Waals surface area contributed by atoms with Gasteiger partial charge in [0.25, 0.3) is 0 Å². The molecule has 0 fully saturated rings. The zero-order chi connectivity index (χ0) is 11.7. The summed E-state index contributed by atoms with van der Waals surface area (Å²) in [6.07, 6.45) is 0. The maximum absolute atomic E-state index is 12.8. The zero-order valence-corrected chi connectivity index (χ0v) is 8.80. The Hall–Kier alpha value is -1.61. The summed E-state index contributed by atoms with van der Waals surface area (Å²) in [4.78, 5) is 0. The fourth-order valence-corrected chi connectivity index (χ4v) is 1.68. The van der Waals surface area contributed by atoms with Crippen molar-refractivity contribution < 1.29 is 13.9 Å². The molecule has 0 aliphatic heterocycles. The smallest absolute Gasteiger partial charge is 0.164 e. The minimum atomic E-state index is -0.706. The van der Waals surface area contributed by atoms with E-state index in [1.807, 2.05) is 0 Å². The molecule has 0 radical (unpaired) electrons. The molecule has 0 spiro atoms. The molecule has 4 heteroatoms. The first-order valence-electron chi connectivity index (χ1n) is 4.52. The van der Waals surface area contributed by atoms with Gasteiger partial charge in [-0.1, -0.05) is 17.7 Å². The molecular weight excluding hydrogens is 234 g/mol. The van der Waals surface area contributed by atoms with E-state index in [9.17, 15) is 13.9 Å². The highest BCUT2D eigenvalue weighted by atomic mass is 35.5. The van der Waals surface area contributed by atoms with E-state index in [0.29, 0.717) is 11.1 Å². The molecule has 0 aliphatic carbocycles. The van der Waals surface area contributed by atoms with Crippen LogP contribution in [0.15, 0.2) is 36.4 Å². The highest BCUT2D eigenvalue weighted by Crippen LogP contribution is 2.31. The van der Waals surface area contributed by atoms with Crippen molar-refractivity contribution in [3.63, 3.8) is 0 Å². The molecule has 2 aromatic rings. The molecule has 0 saturated carbocycles. The van der Waals surface area contributed by atoms with Gasteiger partial charge in [0, 0.05) is 5.56 Å². The molecule has 1 N–H and O–H groups in total. The van der Waals surface area contributed by atoms with E-state index >= 15 is 0 Å². The lowest BCUT2D eigenvalue weighted by Crippen LogP contribution is -1.83. The van der Waals surface area contributed by atoms with Gasteiger partial charge in [0.1, 0.15) is 5.82 Å². The van der Waals surface area contributed by atoms with Gasteiger partial charge in [-0.25, -0.2) is 8.78 Å². The number of rotatable bonds is 1. The van der Waals surface area contributed by atoms with Crippen molar-refractivity contribution in [3.05, 3.63) is 53.1 Å². The highest BCUT2D eigenvalue weighted by molar-refractivity contribution is 6.33. The van der Waals surface area contributed by atoms with Gasteiger partial charge in [-0.15, -0.1) is 0 Å². The van der Waals surface area contributed by atoms with Crippen LogP contribution in [0.25, 0.3) is 11.1 Å². The second kappa shape index (κ2) is 4.10. The number of halogens is 3. The van der Waals surface area contributed by atoms with Crippen molar-refractivity contribution in [2.24, 2.45) is 0 Å². The Labute approximate surface area is 95.9 Å². The summed E-state index contributed by atoms with van der Waals surface area (Å²) in [6, 6.07) is 7.73. The van der Waals surface area contributed by atoms with E-state index in [0.717, 1.165) is 12.1 Å². The van der Waals surface area contributed by atoms with Crippen molar-refractivity contribution in [1.29, 1.82) is 0 Å². The van der Waals surface area contributed by atoms with E-state index in [-0.39, 0.29) is 5.02 Å². The summed E-state index contributed by atoms with van der Waals surface area (Å²) in [7, 11) is 0. The molecule has 16 heavy (non-hydrogen) atoms. The van der Waals surface area contributed by atoms with Gasteiger partial charge in [-0.3, -0.25) is 0 Å². The topological polar surface area (TPSA) is 20.2 Å². The Bertz CT molecular complexity index is 541. The van der Waals surface area contributed by atoms with Crippen LogP contribution >= 0.6 is 11.6 Å². The van der Waals surface area contributed by atoms with Crippen molar-refractivity contribution in [3.8, 4) is 16.9 Å². The van der Waals surface area contributed by atoms with Crippen molar-refractivity contribution in [1.82, 2.24) is 0 Å². The minimum absolute atomic E-state index is 0.214. The third-order valence-corrected chi connectivity index (χ3v) is 2.50. The summed E-state index contributed by atoms with van der Waals surface area (Å²) in [6.45, 7) is 0. The number of hydrogen-bond donors (Lipinski definition) is 1. The van der Waals surface area contributed by atoms with Crippen LogP contribution in [0.5, 0.6) is 5.75 Å². The number of hydrogen-bond acceptors (Lipinski definition) is 1. The Morgan fingerprint density at radius 3 is 2.38 bits per heavy atom. The van der Waals surface area contributed by atoms with Crippen LogP contribution in [-0.4, -0.2) is 5.11 Å². The lowest BCUT2D eigenvalue weighted by atomic mass is 10.1. The Morgan fingerprint density at radius 2 is 1.75 bits per heavy atom. The van der Waals surface area contributed by atoms with E-state index in [2.05, 4.69) is 0 Å². The number of phenols is 1. The van der Waals surface area contributed by atoms with Gasteiger partial charge >= 0.3 is 0 Å². The maximum atomic E-state index is 12.8. The van der Waals surface area contributed by atoms with Crippen LogP contribution in [0.4, 0.5) is 8.78 Å². The molecule has 82 valence electrons. The molecule has 1 nitrogen and oxygen atoms in total. The third kappa shape index (κ3) is 1.99. The first-order valence-corrected chi connectivity index (χ1v) is 4.89. The van der Waals surface area contributed by atoms with Crippen molar-refractivity contribution >= 4 is 11.6 Å². The summed E-state index contributed by atoms with van der Waals surface area (Å²) in [5.74, 6) is -1.61. The molecule has 0 aliphatic rings. The van der Waals surface area contributed by atoms with Gasteiger partial charge in [0.05, 0.1) is 5.02 Å². The fraction of sp³-hybridized carbons (Fsp3) is 0. The van der Waals surface area contributed by atoms with E-state index in [1.165, 1.54) is 24.3 Å². The first-order chi connectivity index (χ1) is 7.58. The van der Waals surface area contributed by atoms with Crippen molar-refractivity contribution in [2.45, 2.75) is 0 Å². The third-order valence-electron chi connectivity index (χ3n) is 2.19. The lowest BCUT2D eigenvalue weighted by Gasteiger charge is -2.05. The van der Waals surface area contributed by atoms with Gasteiger partial charge in [0.2, 0.25) is 0 Å². The average molecular weight is 241 g/mol. The summed E-state index contributed by atoms with van der Waals surface area (Å²) < 4.78 is 25.6. The van der Waals surface area contributed by atoms with Crippen LogP contribution in [-0.2, 0) is 0 Å².